The molecule has 1 aromatic heterocycles. The predicted octanol–water partition coefficient (Wildman–Crippen LogP) is 2.34. The van der Waals surface area contributed by atoms with Gasteiger partial charge in [0.25, 0.3) is 0 Å². The van der Waals surface area contributed by atoms with E-state index >= 15 is 0 Å². The fourth-order valence-corrected chi connectivity index (χ4v) is 3.64. The Morgan fingerprint density at radius 2 is 2.08 bits per heavy atom. The highest BCUT2D eigenvalue weighted by Crippen LogP contribution is 2.34. The largest absolute Gasteiger partial charge is 0.495 e. The monoisotopic (exact) mass is 336 g/mol. The Hall–Kier alpha value is -2.40. The normalized spacial score (nSPS) is 23.2. The fourth-order valence-electron chi connectivity index (χ4n) is 3.64. The number of hydrogen-bond acceptors (Lipinski definition) is 5. The summed E-state index contributed by atoms with van der Waals surface area (Å²) in [6.45, 7) is 2.98. The molecule has 1 fully saturated rings. The van der Waals surface area contributed by atoms with Crippen LogP contribution in [0.5, 0.6) is 5.75 Å². The minimum atomic E-state index is 0.335. The van der Waals surface area contributed by atoms with Crippen molar-refractivity contribution >= 4 is 11.8 Å². The number of aromatic nitrogens is 1. The summed E-state index contributed by atoms with van der Waals surface area (Å²) in [5.74, 6) is 1.11. The van der Waals surface area contributed by atoms with Gasteiger partial charge in [-0.1, -0.05) is 6.08 Å². The predicted molar refractivity (Wildman–Crippen MR) is 101 cm³/mol. The minimum Gasteiger partial charge on any atom is -0.495 e. The van der Waals surface area contributed by atoms with Gasteiger partial charge in [-0.25, -0.2) is 0 Å². The Bertz CT molecular complexity index is 757. The van der Waals surface area contributed by atoms with Crippen LogP contribution in [0.3, 0.4) is 0 Å². The summed E-state index contributed by atoms with van der Waals surface area (Å²) in [5.41, 5.74) is 4.83. The number of methoxy groups -OCH3 is 1. The number of piperidine rings is 1. The van der Waals surface area contributed by atoms with E-state index in [0.29, 0.717) is 12.0 Å². The third-order valence-corrected chi connectivity index (χ3v) is 5.06. The highest BCUT2D eigenvalue weighted by atomic mass is 16.5. The molecule has 5 heteroatoms. The molecule has 130 valence electrons. The first-order chi connectivity index (χ1) is 12.3. The van der Waals surface area contributed by atoms with E-state index in [2.05, 4.69) is 38.8 Å². The molecular weight excluding hydrogens is 312 g/mol. The van der Waals surface area contributed by atoms with Gasteiger partial charge in [0, 0.05) is 35.6 Å². The molecular formula is C20H24N4O. The second-order valence-electron chi connectivity index (χ2n) is 6.71. The van der Waals surface area contributed by atoms with Crippen molar-refractivity contribution in [3.63, 3.8) is 0 Å². The highest BCUT2D eigenvalue weighted by Gasteiger charge is 2.26. The fraction of sp³-hybridized carbons (Fsp3) is 0.400. The van der Waals surface area contributed by atoms with Crippen molar-refractivity contribution in [3.05, 3.63) is 53.5 Å². The zero-order valence-electron chi connectivity index (χ0n) is 14.5. The summed E-state index contributed by atoms with van der Waals surface area (Å²) in [4.78, 5) is 8.78. The second-order valence-corrected chi connectivity index (χ2v) is 6.71. The van der Waals surface area contributed by atoms with E-state index in [9.17, 15) is 0 Å². The van der Waals surface area contributed by atoms with Gasteiger partial charge in [0.15, 0.2) is 0 Å². The number of rotatable bonds is 4. The van der Waals surface area contributed by atoms with Crippen LogP contribution in [0.1, 0.15) is 18.4 Å². The number of nitrogens with one attached hydrogen (secondary N) is 2. The number of nitrogens with zero attached hydrogens (tertiary/aromatic N) is 2. The van der Waals surface area contributed by atoms with Crippen molar-refractivity contribution in [1.29, 1.82) is 0 Å². The Morgan fingerprint density at radius 1 is 1.20 bits per heavy atom. The molecule has 1 saturated heterocycles. The van der Waals surface area contributed by atoms with E-state index in [-0.39, 0.29) is 0 Å². The maximum atomic E-state index is 5.33. The van der Waals surface area contributed by atoms with Crippen molar-refractivity contribution < 1.29 is 4.74 Å². The van der Waals surface area contributed by atoms with Crippen LogP contribution in [0, 0.1) is 5.92 Å². The molecule has 0 radical (unpaired) electrons. The number of aliphatic imine (C=N–C) groups is 1. The Labute approximate surface area is 148 Å². The maximum absolute atomic E-state index is 5.33. The number of fused-ring (bicyclic) bond motifs is 1. The van der Waals surface area contributed by atoms with E-state index in [1.165, 1.54) is 16.8 Å². The summed E-state index contributed by atoms with van der Waals surface area (Å²) in [5, 5.41) is 7.23. The van der Waals surface area contributed by atoms with Crippen molar-refractivity contribution in [2.75, 3.05) is 26.7 Å². The highest BCUT2D eigenvalue weighted by molar-refractivity contribution is 5.83. The summed E-state index contributed by atoms with van der Waals surface area (Å²) >= 11 is 0. The van der Waals surface area contributed by atoms with Crippen LogP contribution in [-0.4, -0.2) is 44.0 Å². The van der Waals surface area contributed by atoms with E-state index in [1.807, 2.05) is 18.5 Å². The van der Waals surface area contributed by atoms with E-state index in [0.717, 1.165) is 43.8 Å². The standard InChI is InChI=1S/C20H24N4O/c1-25-18-9-16(11-23-12-18)15-8-14-2-5-22-13-19(14)20(10-15)24-17-3-6-21-7-4-17/h2,5,8-12,17,19,21,24H,3-4,6-7,13H2,1H3. The van der Waals surface area contributed by atoms with Crippen LogP contribution in [-0.2, 0) is 0 Å². The molecule has 5 nitrogen and oxygen atoms in total. The molecule has 1 aliphatic carbocycles. The van der Waals surface area contributed by atoms with Gasteiger partial charge in [0.1, 0.15) is 5.75 Å². The number of ether oxygens (including phenoxy) is 1. The SMILES string of the molecule is COc1cncc(C2=CC3=CC=NCC3C(NC3CCNCC3)=C2)c1. The number of dihydropyridines is 1. The lowest BCUT2D eigenvalue weighted by atomic mass is 9.84. The molecule has 2 N–H and O–H groups in total. The lowest BCUT2D eigenvalue weighted by molar-refractivity contribution is 0.400. The van der Waals surface area contributed by atoms with E-state index in [1.54, 1.807) is 13.3 Å². The van der Waals surface area contributed by atoms with Crippen LogP contribution < -0.4 is 15.4 Å². The zero-order chi connectivity index (χ0) is 17.1. The van der Waals surface area contributed by atoms with Gasteiger partial charge in [-0.3, -0.25) is 9.98 Å². The van der Waals surface area contributed by atoms with Crippen LogP contribution in [0.15, 0.2) is 53.0 Å². The van der Waals surface area contributed by atoms with Crippen molar-refractivity contribution in [3.8, 4) is 5.75 Å². The summed E-state index contributed by atoms with van der Waals surface area (Å²) < 4.78 is 5.33. The Kier molecular flexibility index (Phi) is 4.65. The first-order valence-electron chi connectivity index (χ1n) is 8.93. The van der Waals surface area contributed by atoms with E-state index < -0.39 is 0 Å². The molecule has 4 rings (SSSR count). The molecule has 1 aromatic rings. The number of pyridine rings is 1. The lowest BCUT2D eigenvalue weighted by Gasteiger charge is -2.33. The molecule has 3 aliphatic rings. The average molecular weight is 336 g/mol. The smallest absolute Gasteiger partial charge is 0.137 e. The zero-order valence-corrected chi connectivity index (χ0v) is 14.5. The van der Waals surface area contributed by atoms with Crippen LogP contribution in [0.2, 0.25) is 0 Å². The second kappa shape index (κ2) is 7.23. The van der Waals surface area contributed by atoms with Crippen molar-refractivity contribution in [1.82, 2.24) is 15.6 Å². The summed E-state index contributed by atoms with van der Waals surface area (Å²) in [7, 11) is 1.67. The first kappa shape index (κ1) is 16.1. The quantitative estimate of drug-likeness (QED) is 0.886. The van der Waals surface area contributed by atoms with Crippen molar-refractivity contribution in [2.24, 2.45) is 10.9 Å². The third-order valence-electron chi connectivity index (χ3n) is 5.06. The van der Waals surface area contributed by atoms with Gasteiger partial charge in [0.2, 0.25) is 0 Å². The van der Waals surface area contributed by atoms with Crippen molar-refractivity contribution in [2.45, 2.75) is 18.9 Å². The Morgan fingerprint density at radius 3 is 2.92 bits per heavy atom. The van der Waals surface area contributed by atoms with E-state index in [4.69, 9.17) is 4.74 Å². The lowest BCUT2D eigenvalue weighted by Crippen LogP contribution is -2.41. The molecule has 0 amide bonds. The molecule has 1 atom stereocenters. The summed E-state index contributed by atoms with van der Waals surface area (Å²) in [6, 6.07) is 2.57. The molecule has 2 aliphatic heterocycles. The van der Waals surface area contributed by atoms with Crippen LogP contribution >= 0.6 is 0 Å². The van der Waals surface area contributed by atoms with Gasteiger partial charge >= 0.3 is 0 Å². The van der Waals surface area contributed by atoms with Gasteiger partial charge in [-0.15, -0.1) is 0 Å². The van der Waals surface area contributed by atoms with Gasteiger partial charge in [0.05, 0.1) is 19.9 Å². The number of hydrogen-bond donors (Lipinski definition) is 2. The molecule has 1 unspecified atom stereocenters. The third kappa shape index (κ3) is 3.51. The maximum Gasteiger partial charge on any atom is 0.137 e. The molecule has 0 spiro atoms. The van der Waals surface area contributed by atoms with Gasteiger partial charge < -0.3 is 15.4 Å². The van der Waals surface area contributed by atoms with Crippen LogP contribution in [0.25, 0.3) is 5.57 Å². The Balaban J connectivity index is 1.66. The molecule has 0 aromatic carbocycles. The molecule has 3 heterocycles. The van der Waals surface area contributed by atoms with Gasteiger partial charge in [-0.2, -0.15) is 0 Å². The first-order valence-corrected chi connectivity index (χ1v) is 8.93. The molecule has 25 heavy (non-hydrogen) atoms. The molecule has 0 saturated carbocycles. The molecule has 0 bridgehead atoms. The average Bonchev–Trinajstić information content (AvgIpc) is 2.69. The van der Waals surface area contributed by atoms with Crippen LogP contribution in [0.4, 0.5) is 0 Å². The number of allylic oxidation sites excluding steroid dienone is 4. The topological polar surface area (TPSA) is 58.5 Å². The summed E-state index contributed by atoms with van der Waals surface area (Å²) in [6.07, 6.45) is 14.5. The van der Waals surface area contributed by atoms with Gasteiger partial charge in [-0.05, 0) is 55.3 Å². The minimum absolute atomic E-state index is 0.335.